The second-order valence-electron chi connectivity index (χ2n) is 3.31. The fourth-order valence-corrected chi connectivity index (χ4v) is 1.61. The Kier molecular flexibility index (Phi) is 4.54. The normalized spacial score (nSPS) is 10.0. The number of nitrogens with zero attached hydrogens (tertiary/aromatic N) is 1. The Bertz CT molecular complexity index is 395. The quantitative estimate of drug-likeness (QED) is 0.615. The summed E-state index contributed by atoms with van der Waals surface area (Å²) in [6.07, 6.45) is 5.16. The van der Waals surface area contributed by atoms with Crippen LogP contribution in [0.1, 0.15) is 10.4 Å². The molecule has 2 nitrogen and oxygen atoms in total. The molecule has 1 aromatic carbocycles. The van der Waals surface area contributed by atoms with Crippen LogP contribution in [0.15, 0.2) is 28.7 Å². The highest BCUT2D eigenvalue weighted by Gasteiger charge is 2.08. The zero-order valence-corrected chi connectivity index (χ0v) is 10.1. The van der Waals surface area contributed by atoms with Crippen LogP contribution in [0.4, 0.5) is 0 Å². The minimum Gasteiger partial charge on any atom is -0.293 e. The van der Waals surface area contributed by atoms with Gasteiger partial charge in [0.1, 0.15) is 0 Å². The summed E-state index contributed by atoms with van der Waals surface area (Å²) in [6, 6.07) is 7.35. The molecule has 0 heterocycles. The van der Waals surface area contributed by atoms with Crippen LogP contribution in [0.3, 0.4) is 0 Å². The standard InChI is InChI=1S/C12H12BrNO/c1-3-7-14(2)9-12(15)10-5-4-6-11(13)8-10/h1,4-6,8H,7,9H2,2H3. The number of carbonyl (C=O) groups is 1. The van der Waals surface area contributed by atoms with Gasteiger partial charge in [0.2, 0.25) is 0 Å². The number of terminal acetylenes is 1. The highest BCUT2D eigenvalue weighted by atomic mass is 79.9. The van der Waals surface area contributed by atoms with Crippen LogP contribution in [-0.4, -0.2) is 30.8 Å². The lowest BCUT2D eigenvalue weighted by Crippen LogP contribution is -2.26. The van der Waals surface area contributed by atoms with Crippen molar-refractivity contribution >= 4 is 21.7 Å². The first-order valence-electron chi connectivity index (χ1n) is 4.54. The van der Waals surface area contributed by atoms with Gasteiger partial charge in [-0.15, -0.1) is 6.42 Å². The van der Waals surface area contributed by atoms with Crippen LogP contribution < -0.4 is 0 Å². The molecule has 0 bridgehead atoms. The zero-order chi connectivity index (χ0) is 11.3. The zero-order valence-electron chi connectivity index (χ0n) is 8.53. The Morgan fingerprint density at radius 3 is 2.93 bits per heavy atom. The van der Waals surface area contributed by atoms with Crippen LogP contribution in [0, 0.1) is 12.3 Å². The molecule has 0 amide bonds. The molecule has 0 saturated heterocycles. The maximum Gasteiger partial charge on any atom is 0.176 e. The molecule has 78 valence electrons. The van der Waals surface area contributed by atoms with E-state index in [4.69, 9.17) is 6.42 Å². The van der Waals surface area contributed by atoms with Crippen molar-refractivity contribution < 1.29 is 4.79 Å². The third-order valence-corrected chi connectivity index (χ3v) is 2.41. The summed E-state index contributed by atoms with van der Waals surface area (Å²) in [4.78, 5) is 13.6. The van der Waals surface area contributed by atoms with E-state index in [0.717, 1.165) is 4.47 Å². The van der Waals surface area contributed by atoms with Gasteiger partial charge in [0.25, 0.3) is 0 Å². The Labute approximate surface area is 98.4 Å². The average molecular weight is 266 g/mol. The summed E-state index contributed by atoms with van der Waals surface area (Å²) >= 11 is 3.33. The molecule has 0 saturated carbocycles. The summed E-state index contributed by atoms with van der Waals surface area (Å²) in [7, 11) is 1.83. The molecule has 1 aromatic rings. The van der Waals surface area contributed by atoms with E-state index in [9.17, 15) is 4.79 Å². The molecule has 15 heavy (non-hydrogen) atoms. The number of rotatable bonds is 4. The number of benzene rings is 1. The summed E-state index contributed by atoms with van der Waals surface area (Å²) in [5, 5.41) is 0. The van der Waals surface area contributed by atoms with Gasteiger partial charge >= 0.3 is 0 Å². The first-order valence-corrected chi connectivity index (χ1v) is 5.33. The van der Waals surface area contributed by atoms with Crippen LogP contribution in [0.25, 0.3) is 0 Å². The topological polar surface area (TPSA) is 20.3 Å². The molecule has 0 aromatic heterocycles. The van der Waals surface area contributed by atoms with Crippen molar-refractivity contribution in [3.05, 3.63) is 34.3 Å². The van der Waals surface area contributed by atoms with Gasteiger partial charge in [-0.05, 0) is 19.2 Å². The van der Waals surface area contributed by atoms with E-state index >= 15 is 0 Å². The molecule has 0 spiro atoms. The second kappa shape index (κ2) is 5.69. The lowest BCUT2D eigenvalue weighted by molar-refractivity contribution is 0.0952. The number of ketones is 1. The first-order chi connectivity index (χ1) is 7.13. The Balaban J connectivity index is 2.66. The van der Waals surface area contributed by atoms with Crippen molar-refractivity contribution in [3.8, 4) is 12.3 Å². The van der Waals surface area contributed by atoms with Crippen molar-refractivity contribution in [2.24, 2.45) is 0 Å². The molecular formula is C12H12BrNO. The molecule has 3 heteroatoms. The van der Waals surface area contributed by atoms with Gasteiger partial charge in [-0.1, -0.05) is 34.0 Å². The Hall–Kier alpha value is -1.11. The average Bonchev–Trinajstić information content (AvgIpc) is 2.18. The lowest BCUT2D eigenvalue weighted by atomic mass is 10.1. The third-order valence-electron chi connectivity index (χ3n) is 1.92. The smallest absolute Gasteiger partial charge is 0.176 e. The second-order valence-corrected chi connectivity index (χ2v) is 4.23. The molecule has 0 aliphatic carbocycles. The molecular weight excluding hydrogens is 254 g/mol. The van der Waals surface area contributed by atoms with Gasteiger partial charge < -0.3 is 0 Å². The van der Waals surface area contributed by atoms with Crippen LogP contribution in [0.2, 0.25) is 0 Å². The van der Waals surface area contributed by atoms with E-state index in [2.05, 4.69) is 21.9 Å². The highest BCUT2D eigenvalue weighted by molar-refractivity contribution is 9.10. The maximum absolute atomic E-state index is 11.8. The monoisotopic (exact) mass is 265 g/mol. The highest BCUT2D eigenvalue weighted by Crippen LogP contribution is 2.12. The van der Waals surface area contributed by atoms with E-state index in [1.165, 1.54) is 0 Å². The van der Waals surface area contributed by atoms with Gasteiger partial charge in [0.05, 0.1) is 13.1 Å². The Morgan fingerprint density at radius 2 is 2.33 bits per heavy atom. The van der Waals surface area contributed by atoms with Crippen LogP contribution in [-0.2, 0) is 0 Å². The van der Waals surface area contributed by atoms with Gasteiger partial charge in [0, 0.05) is 10.0 Å². The van der Waals surface area contributed by atoms with Crippen molar-refractivity contribution in [1.29, 1.82) is 0 Å². The van der Waals surface area contributed by atoms with E-state index in [-0.39, 0.29) is 5.78 Å². The van der Waals surface area contributed by atoms with Crippen molar-refractivity contribution in [1.82, 2.24) is 4.90 Å². The Morgan fingerprint density at radius 1 is 1.60 bits per heavy atom. The fourth-order valence-electron chi connectivity index (χ4n) is 1.21. The largest absolute Gasteiger partial charge is 0.293 e. The van der Waals surface area contributed by atoms with Gasteiger partial charge in [-0.2, -0.15) is 0 Å². The molecule has 0 radical (unpaired) electrons. The van der Waals surface area contributed by atoms with Crippen LogP contribution >= 0.6 is 15.9 Å². The summed E-state index contributed by atoms with van der Waals surface area (Å²) < 4.78 is 0.910. The number of likely N-dealkylation sites (N-methyl/N-ethyl adjacent to an activating group) is 1. The molecule has 0 aliphatic heterocycles. The predicted octanol–water partition coefficient (Wildman–Crippen LogP) is 2.20. The molecule has 0 N–H and O–H groups in total. The van der Waals surface area contributed by atoms with Crippen molar-refractivity contribution in [2.45, 2.75) is 0 Å². The van der Waals surface area contributed by atoms with Crippen LogP contribution in [0.5, 0.6) is 0 Å². The van der Waals surface area contributed by atoms with Gasteiger partial charge in [-0.3, -0.25) is 9.69 Å². The van der Waals surface area contributed by atoms with Crippen molar-refractivity contribution in [2.75, 3.05) is 20.1 Å². The van der Waals surface area contributed by atoms with Gasteiger partial charge in [-0.25, -0.2) is 0 Å². The van der Waals surface area contributed by atoms with E-state index < -0.39 is 0 Å². The molecule has 1 rings (SSSR count). The number of Topliss-reactive ketones (excluding diaryl/α,β-unsaturated/α-hetero) is 1. The van der Waals surface area contributed by atoms with E-state index in [1.807, 2.05) is 30.1 Å². The molecule has 0 aliphatic rings. The number of hydrogen-bond acceptors (Lipinski definition) is 2. The number of hydrogen-bond donors (Lipinski definition) is 0. The lowest BCUT2D eigenvalue weighted by Gasteiger charge is -2.11. The first kappa shape index (κ1) is 12.0. The van der Waals surface area contributed by atoms with Crippen molar-refractivity contribution in [3.63, 3.8) is 0 Å². The summed E-state index contributed by atoms with van der Waals surface area (Å²) in [5.41, 5.74) is 0.702. The molecule has 0 unspecified atom stereocenters. The van der Waals surface area contributed by atoms with Gasteiger partial charge in [0.15, 0.2) is 5.78 Å². The SMILES string of the molecule is C#CCN(C)CC(=O)c1cccc(Br)c1. The number of halogens is 1. The fraction of sp³-hybridized carbons (Fsp3) is 0.250. The summed E-state index contributed by atoms with van der Waals surface area (Å²) in [5.74, 6) is 2.58. The van der Waals surface area contributed by atoms with E-state index in [0.29, 0.717) is 18.7 Å². The predicted molar refractivity (Wildman–Crippen MR) is 64.8 cm³/mol. The minimum atomic E-state index is 0.0778. The third kappa shape index (κ3) is 3.86. The minimum absolute atomic E-state index is 0.0778. The molecule has 0 fully saturated rings. The van der Waals surface area contributed by atoms with E-state index in [1.54, 1.807) is 6.07 Å². The summed E-state index contributed by atoms with van der Waals surface area (Å²) in [6.45, 7) is 0.834. The number of carbonyl (C=O) groups excluding carboxylic acids is 1. The maximum atomic E-state index is 11.8. The molecule has 0 atom stereocenters.